The van der Waals surface area contributed by atoms with Crippen molar-refractivity contribution in [3.63, 3.8) is 0 Å². The number of pyridine rings is 1. The molecule has 0 fully saturated rings. The standard InChI is InChI=1S/C20H26N6/c1-4-21-19(23-15-20(2,3)16-10-6-5-7-11-16)22-14-18-25-24-17-12-8-9-13-26(17)18/h5-13H,4,14-15H2,1-3H3,(H2,21,22,23). The number of rotatable bonds is 6. The van der Waals surface area contributed by atoms with Crippen LogP contribution in [0.3, 0.4) is 0 Å². The number of fused-ring (bicyclic) bond motifs is 1. The molecule has 0 aliphatic rings. The van der Waals surface area contributed by atoms with E-state index < -0.39 is 0 Å². The Hall–Kier alpha value is -2.89. The Balaban J connectivity index is 1.69. The topological polar surface area (TPSA) is 66.6 Å². The second kappa shape index (κ2) is 7.99. The Morgan fingerprint density at radius 3 is 2.58 bits per heavy atom. The van der Waals surface area contributed by atoms with E-state index in [0.717, 1.165) is 30.5 Å². The van der Waals surface area contributed by atoms with Crippen LogP contribution < -0.4 is 10.6 Å². The molecule has 0 atom stereocenters. The highest BCUT2D eigenvalue weighted by molar-refractivity contribution is 5.79. The van der Waals surface area contributed by atoms with Crippen LogP contribution in [0.25, 0.3) is 5.65 Å². The molecule has 2 heterocycles. The van der Waals surface area contributed by atoms with Crippen LogP contribution in [0.2, 0.25) is 0 Å². The molecule has 3 aromatic rings. The molecule has 0 bridgehead atoms. The van der Waals surface area contributed by atoms with E-state index in [1.807, 2.05) is 34.9 Å². The van der Waals surface area contributed by atoms with Crippen molar-refractivity contribution in [2.45, 2.75) is 32.7 Å². The highest BCUT2D eigenvalue weighted by Crippen LogP contribution is 2.21. The van der Waals surface area contributed by atoms with Crippen LogP contribution in [-0.2, 0) is 12.0 Å². The van der Waals surface area contributed by atoms with Crippen LogP contribution in [-0.4, -0.2) is 33.6 Å². The van der Waals surface area contributed by atoms with Gasteiger partial charge in [-0.05, 0) is 24.6 Å². The lowest BCUT2D eigenvalue weighted by Crippen LogP contribution is -2.43. The van der Waals surface area contributed by atoms with E-state index in [1.165, 1.54) is 5.56 Å². The van der Waals surface area contributed by atoms with Crippen LogP contribution in [0.1, 0.15) is 32.2 Å². The quantitative estimate of drug-likeness (QED) is 0.530. The maximum Gasteiger partial charge on any atom is 0.191 e. The lowest BCUT2D eigenvalue weighted by atomic mass is 9.85. The minimum atomic E-state index is -0.000981. The normalized spacial score (nSPS) is 12.3. The molecular formula is C20H26N6. The largest absolute Gasteiger partial charge is 0.357 e. The molecule has 0 aliphatic heterocycles. The number of hydrogen-bond acceptors (Lipinski definition) is 3. The van der Waals surface area contributed by atoms with Gasteiger partial charge in [-0.2, -0.15) is 0 Å². The van der Waals surface area contributed by atoms with Crippen molar-refractivity contribution < 1.29 is 0 Å². The first-order chi connectivity index (χ1) is 12.6. The molecule has 136 valence electrons. The predicted octanol–water partition coefficient (Wildman–Crippen LogP) is 2.76. The Morgan fingerprint density at radius 1 is 1.04 bits per heavy atom. The fraction of sp³-hybridized carbons (Fsp3) is 0.350. The molecule has 2 aromatic heterocycles. The first kappa shape index (κ1) is 17.9. The van der Waals surface area contributed by atoms with Crippen molar-refractivity contribution in [2.24, 2.45) is 4.99 Å². The minimum absolute atomic E-state index is 0.000981. The van der Waals surface area contributed by atoms with E-state index in [2.05, 4.69) is 70.9 Å². The van der Waals surface area contributed by atoms with E-state index in [0.29, 0.717) is 6.54 Å². The van der Waals surface area contributed by atoms with Crippen molar-refractivity contribution >= 4 is 11.6 Å². The summed E-state index contributed by atoms with van der Waals surface area (Å²) in [4.78, 5) is 4.67. The Bertz CT molecular complexity index is 866. The van der Waals surface area contributed by atoms with Gasteiger partial charge in [-0.3, -0.25) is 4.40 Å². The predicted molar refractivity (Wildman–Crippen MR) is 105 cm³/mol. The second-order valence-electron chi connectivity index (χ2n) is 6.84. The zero-order valence-corrected chi connectivity index (χ0v) is 15.6. The number of hydrogen-bond donors (Lipinski definition) is 2. The summed E-state index contributed by atoms with van der Waals surface area (Å²) >= 11 is 0. The van der Waals surface area contributed by atoms with Crippen molar-refractivity contribution in [2.75, 3.05) is 13.1 Å². The van der Waals surface area contributed by atoms with Gasteiger partial charge < -0.3 is 10.6 Å². The number of aliphatic imine (C=N–C) groups is 1. The molecule has 26 heavy (non-hydrogen) atoms. The summed E-state index contributed by atoms with van der Waals surface area (Å²) in [7, 11) is 0. The van der Waals surface area contributed by atoms with Gasteiger partial charge in [0.25, 0.3) is 0 Å². The van der Waals surface area contributed by atoms with Crippen molar-refractivity contribution in [3.05, 3.63) is 66.1 Å². The number of nitrogens with one attached hydrogen (secondary N) is 2. The number of guanidine groups is 1. The first-order valence-electron chi connectivity index (χ1n) is 8.96. The maximum atomic E-state index is 4.67. The van der Waals surface area contributed by atoms with Crippen molar-refractivity contribution in [3.8, 4) is 0 Å². The zero-order valence-electron chi connectivity index (χ0n) is 15.6. The molecule has 0 aliphatic carbocycles. The third-order valence-corrected chi connectivity index (χ3v) is 4.36. The van der Waals surface area contributed by atoms with Gasteiger partial charge in [0.15, 0.2) is 17.4 Å². The summed E-state index contributed by atoms with van der Waals surface area (Å²) in [6.07, 6.45) is 1.96. The van der Waals surface area contributed by atoms with Crippen LogP contribution >= 0.6 is 0 Å². The highest BCUT2D eigenvalue weighted by Gasteiger charge is 2.20. The van der Waals surface area contributed by atoms with Gasteiger partial charge >= 0.3 is 0 Å². The maximum absolute atomic E-state index is 4.67. The Labute approximate surface area is 154 Å². The van der Waals surface area contributed by atoms with Gasteiger partial charge in [0.1, 0.15) is 6.54 Å². The Morgan fingerprint density at radius 2 is 1.81 bits per heavy atom. The minimum Gasteiger partial charge on any atom is -0.357 e. The zero-order chi connectivity index (χ0) is 18.4. The van der Waals surface area contributed by atoms with E-state index >= 15 is 0 Å². The molecule has 0 amide bonds. The third kappa shape index (κ3) is 4.20. The molecule has 3 rings (SSSR count). The van der Waals surface area contributed by atoms with Gasteiger partial charge in [0.05, 0.1) is 0 Å². The number of benzene rings is 1. The fourth-order valence-electron chi connectivity index (χ4n) is 2.79. The summed E-state index contributed by atoms with van der Waals surface area (Å²) < 4.78 is 1.96. The van der Waals surface area contributed by atoms with E-state index in [-0.39, 0.29) is 5.41 Å². The SMILES string of the molecule is CCNC(=NCc1nnc2ccccn12)NCC(C)(C)c1ccccc1. The van der Waals surface area contributed by atoms with Crippen molar-refractivity contribution in [1.29, 1.82) is 0 Å². The molecule has 0 unspecified atom stereocenters. The lowest BCUT2D eigenvalue weighted by Gasteiger charge is -2.26. The average molecular weight is 350 g/mol. The monoisotopic (exact) mass is 350 g/mol. The van der Waals surface area contributed by atoms with Crippen LogP contribution in [0.5, 0.6) is 0 Å². The molecular weight excluding hydrogens is 324 g/mol. The molecule has 0 radical (unpaired) electrons. The lowest BCUT2D eigenvalue weighted by molar-refractivity contribution is 0.508. The van der Waals surface area contributed by atoms with Gasteiger partial charge in [-0.25, -0.2) is 4.99 Å². The van der Waals surface area contributed by atoms with E-state index in [1.54, 1.807) is 0 Å². The van der Waals surface area contributed by atoms with Gasteiger partial charge in [-0.15, -0.1) is 10.2 Å². The van der Waals surface area contributed by atoms with Crippen LogP contribution in [0.4, 0.5) is 0 Å². The smallest absolute Gasteiger partial charge is 0.191 e. The molecule has 6 heteroatoms. The molecule has 0 saturated heterocycles. The van der Waals surface area contributed by atoms with Crippen molar-refractivity contribution in [1.82, 2.24) is 25.2 Å². The average Bonchev–Trinajstić information content (AvgIpc) is 3.08. The number of nitrogens with zero attached hydrogens (tertiary/aromatic N) is 4. The summed E-state index contributed by atoms with van der Waals surface area (Å²) in [6, 6.07) is 16.4. The molecule has 0 spiro atoms. The third-order valence-electron chi connectivity index (χ3n) is 4.36. The first-order valence-corrected chi connectivity index (χ1v) is 8.96. The van der Waals surface area contributed by atoms with E-state index in [9.17, 15) is 0 Å². The van der Waals surface area contributed by atoms with Crippen LogP contribution in [0, 0.1) is 0 Å². The van der Waals surface area contributed by atoms with Gasteiger partial charge in [-0.1, -0.05) is 50.2 Å². The molecule has 1 aromatic carbocycles. The van der Waals surface area contributed by atoms with Gasteiger partial charge in [0.2, 0.25) is 0 Å². The summed E-state index contributed by atoms with van der Waals surface area (Å²) in [5.74, 6) is 1.60. The highest BCUT2D eigenvalue weighted by atomic mass is 15.3. The van der Waals surface area contributed by atoms with Crippen LogP contribution in [0.15, 0.2) is 59.7 Å². The Kier molecular flexibility index (Phi) is 5.51. The van der Waals surface area contributed by atoms with E-state index in [4.69, 9.17) is 0 Å². The second-order valence-corrected chi connectivity index (χ2v) is 6.84. The summed E-state index contributed by atoms with van der Waals surface area (Å²) in [6.45, 7) is 8.57. The molecule has 6 nitrogen and oxygen atoms in total. The summed E-state index contributed by atoms with van der Waals surface area (Å²) in [5.41, 5.74) is 2.13. The van der Waals surface area contributed by atoms with Gasteiger partial charge in [0, 0.05) is 24.7 Å². The fourth-order valence-corrected chi connectivity index (χ4v) is 2.79. The number of aromatic nitrogens is 3. The molecule has 0 saturated carbocycles. The summed E-state index contributed by atoms with van der Waals surface area (Å²) in [5, 5.41) is 15.2. The molecule has 2 N–H and O–H groups in total.